The van der Waals surface area contributed by atoms with Crippen LogP contribution >= 0.6 is 0 Å². The van der Waals surface area contributed by atoms with Gasteiger partial charge >= 0.3 is 0 Å². The molecule has 17 heavy (non-hydrogen) atoms. The van der Waals surface area contributed by atoms with Crippen molar-refractivity contribution in [3.05, 3.63) is 34.9 Å². The lowest BCUT2D eigenvalue weighted by Gasteiger charge is -2.19. The van der Waals surface area contributed by atoms with Crippen molar-refractivity contribution in [2.24, 2.45) is 17.6 Å². The third-order valence-electron chi connectivity index (χ3n) is 3.94. The quantitative estimate of drug-likeness (QED) is 0.819. The van der Waals surface area contributed by atoms with Crippen molar-refractivity contribution in [2.75, 3.05) is 13.1 Å². The Kier molecular flexibility index (Phi) is 3.85. The molecule has 3 unspecified atom stereocenters. The summed E-state index contributed by atoms with van der Waals surface area (Å²) in [4.78, 5) is 0. The van der Waals surface area contributed by atoms with E-state index in [-0.39, 0.29) is 0 Å². The van der Waals surface area contributed by atoms with E-state index < -0.39 is 0 Å². The second-order valence-corrected chi connectivity index (χ2v) is 5.53. The molecule has 0 bridgehead atoms. The van der Waals surface area contributed by atoms with Gasteiger partial charge in [0.2, 0.25) is 0 Å². The summed E-state index contributed by atoms with van der Waals surface area (Å²) in [6.45, 7) is 8.40. The molecule has 1 aromatic carbocycles. The topological polar surface area (TPSA) is 38.0 Å². The lowest BCUT2D eigenvalue weighted by Crippen LogP contribution is -2.30. The first-order valence-electron chi connectivity index (χ1n) is 6.62. The molecule has 0 aromatic heterocycles. The molecule has 2 rings (SSSR count). The molecule has 94 valence electrons. The zero-order valence-corrected chi connectivity index (χ0v) is 11.2. The molecule has 0 amide bonds. The predicted octanol–water partition coefficient (Wildman–Crippen LogP) is 2.55. The summed E-state index contributed by atoms with van der Waals surface area (Å²) in [6.07, 6.45) is 1.37. The minimum Gasteiger partial charge on any atom is -0.329 e. The molecule has 1 aliphatic rings. The van der Waals surface area contributed by atoms with Gasteiger partial charge in [-0.3, -0.25) is 0 Å². The van der Waals surface area contributed by atoms with Crippen molar-refractivity contribution in [2.45, 2.75) is 33.2 Å². The highest BCUT2D eigenvalue weighted by atomic mass is 14.9. The standard InChI is InChI=1S/C15H24N2/c1-10-4-5-14(12(3)6-10)15(8-16)17-9-13-7-11(13)2/h4-6,11,13,15,17H,7-9,16H2,1-3H3. The summed E-state index contributed by atoms with van der Waals surface area (Å²) in [5.41, 5.74) is 9.91. The van der Waals surface area contributed by atoms with Crippen molar-refractivity contribution >= 4 is 0 Å². The molecule has 0 spiro atoms. The van der Waals surface area contributed by atoms with Gasteiger partial charge in [0, 0.05) is 12.6 Å². The Morgan fingerprint density at radius 2 is 2.12 bits per heavy atom. The van der Waals surface area contributed by atoms with Crippen molar-refractivity contribution in [1.29, 1.82) is 0 Å². The summed E-state index contributed by atoms with van der Waals surface area (Å²) < 4.78 is 0. The molecule has 0 radical (unpaired) electrons. The minimum absolute atomic E-state index is 0.309. The zero-order valence-electron chi connectivity index (χ0n) is 11.2. The Hall–Kier alpha value is -0.860. The van der Waals surface area contributed by atoms with Crippen LogP contribution in [-0.4, -0.2) is 13.1 Å². The van der Waals surface area contributed by atoms with E-state index in [0.717, 1.165) is 18.4 Å². The number of rotatable bonds is 5. The molecule has 1 aromatic rings. The monoisotopic (exact) mass is 232 g/mol. The van der Waals surface area contributed by atoms with Gasteiger partial charge in [0.15, 0.2) is 0 Å². The Bertz CT molecular complexity index is 387. The summed E-state index contributed by atoms with van der Waals surface area (Å²) in [5.74, 6) is 1.77. The number of benzene rings is 1. The highest BCUT2D eigenvalue weighted by molar-refractivity contribution is 5.33. The second-order valence-electron chi connectivity index (χ2n) is 5.53. The average Bonchev–Trinajstić information content (AvgIpc) is 2.98. The highest BCUT2D eigenvalue weighted by Crippen LogP contribution is 2.37. The van der Waals surface area contributed by atoms with Crippen molar-refractivity contribution in [3.8, 4) is 0 Å². The Morgan fingerprint density at radius 3 is 2.65 bits per heavy atom. The highest BCUT2D eigenvalue weighted by Gasteiger charge is 2.32. The number of nitrogens with one attached hydrogen (secondary N) is 1. The van der Waals surface area contributed by atoms with E-state index in [1.54, 1.807) is 0 Å². The smallest absolute Gasteiger partial charge is 0.0447 e. The fraction of sp³-hybridized carbons (Fsp3) is 0.600. The maximum atomic E-state index is 5.89. The Balaban J connectivity index is 2.00. The van der Waals surface area contributed by atoms with Crippen LogP contribution in [0.4, 0.5) is 0 Å². The van der Waals surface area contributed by atoms with Gasteiger partial charge in [0.25, 0.3) is 0 Å². The minimum atomic E-state index is 0.309. The van der Waals surface area contributed by atoms with Gasteiger partial charge < -0.3 is 11.1 Å². The lowest BCUT2D eigenvalue weighted by atomic mass is 9.99. The molecule has 0 aliphatic heterocycles. The van der Waals surface area contributed by atoms with E-state index >= 15 is 0 Å². The molecular weight excluding hydrogens is 208 g/mol. The van der Waals surface area contributed by atoms with Crippen molar-refractivity contribution in [1.82, 2.24) is 5.32 Å². The summed E-state index contributed by atoms with van der Waals surface area (Å²) in [7, 11) is 0. The van der Waals surface area contributed by atoms with Gasteiger partial charge in [-0.2, -0.15) is 0 Å². The maximum absolute atomic E-state index is 5.89. The number of hydrogen-bond donors (Lipinski definition) is 2. The van der Waals surface area contributed by atoms with Crippen LogP contribution < -0.4 is 11.1 Å². The molecule has 1 aliphatic carbocycles. The van der Waals surface area contributed by atoms with E-state index in [9.17, 15) is 0 Å². The Morgan fingerprint density at radius 1 is 1.41 bits per heavy atom. The van der Waals surface area contributed by atoms with Gasteiger partial charge in [-0.25, -0.2) is 0 Å². The summed E-state index contributed by atoms with van der Waals surface area (Å²) >= 11 is 0. The first-order chi connectivity index (χ1) is 8.11. The third-order valence-corrected chi connectivity index (χ3v) is 3.94. The summed E-state index contributed by atoms with van der Waals surface area (Å²) in [6, 6.07) is 6.93. The van der Waals surface area contributed by atoms with Crippen LogP contribution in [0, 0.1) is 25.7 Å². The van der Waals surface area contributed by atoms with E-state index in [1.807, 2.05) is 0 Å². The van der Waals surface area contributed by atoms with E-state index in [4.69, 9.17) is 5.73 Å². The zero-order chi connectivity index (χ0) is 12.4. The molecule has 3 N–H and O–H groups in total. The first kappa shape index (κ1) is 12.6. The molecule has 0 saturated heterocycles. The fourth-order valence-corrected chi connectivity index (χ4v) is 2.51. The predicted molar refractivity (Wildman–Crippen MR) is 73.0 cm³/mol. The van der Waals surface area contributed by atoms with Crippen LogP contribution in [0.5, 0.6) is 0 Å². The number of nitrogens with two attached hydrogens (primary N) is 1. The van der Waals surface area contributed by atoms with Crippen LogP contribution in [0.3, 0.4) is 0 Å². The van der Waals surface area contributed by atoms with Crippen LogP contribution in [0.15, 0.2) is 18.2 Å². The van der Waals surface area contributed by atoms with Crippen molar-refractivity contribution in [3.63, 3.8) is 0 Å². The summed E-state index contributed by atoms with van der Waals surface area (Å²) in [5, 5.41) is 3.61. The SMILES string of the molecule is Cc1ccc(C(CN)NCC2CC2C)c(C)c1. The maximum Gasteiger partial charge on any atom is 0.0447 e. The average molecular weight is 232 g/mol. The largest absolute Gasteiger partial charge is 0.329 e. The van der Waals surface area contributed by atoms with Gasteiger partial charge in [0.1, 0.15) is 0 Å². The van der Waals surface area contributed by atoms with Crippen LogP contribution in [0.1, 0.15) is 36.1 Å². The van der Waals surface area contributed by atoms with Crippen LogP contribution in [-0.2, 0) is 0 Å². The second kappa shape index (κ2) is 5.19. The molecule has 1 saturated carbocycles. The van der Waals surface area contributed by atoms with Gasteiger partial charge in [-0.05, 0) is 49.8 Å². The molecule has 0 heterocycles. The number of hydrogen-bond acceptors (Lipinski definition) is 2. The van der Waals surface area contributed by atoms with E-state index in [0.29, 0.717) is 12.6 Å². The molecule has 1 fully saturated rings. The van der Waals surface area contributed by atoms with Gasteiger partial charge in [-0.15, -0.1) is 0 Å². The third kappa shape index (κ3) is 3.08. The normalized spacial score (nSPS) is 24.7. The van der Waals surface area contributed by atoms with Crippen LogP contribution in [0.25, 0.3) is 0 Å². The van der Waals surface area contributed by atoms with Gasteiger partial charge in [0.05, 0.1) is 0 Å². The van der Waals surface area contributed by atoms with Gasteiger partial charge in [-0.1, -0.05) is 30.7 Å². The first-order valence-corrected chi connectivity index (χ1v) is 6.62. The molecular formula is C15H24N2. The van der Waals surface area contributed by atoms with E-state index in [1.165, 1.54) is 23.1 Å². The Labute approximate surface area is 105 Å². The number of aryl methyl sites for hydroxylation is 2. The molecule has 2 nitrogen and oxygen atoms in total. The van der Waals surface area contributed by atoms with Crippen LogP contribution in [0.2, 0.25) is 0 Å². The molecule has 3 atom stereocenters. The van der Waals surface area contributed by atoms with Crippen molar-refractivity contribution < 1.29 is 0 Å². The van der Waals surface area contributed by atoms with E-state index in [2.05, 4.69) is 44.3 Å². The lowest BCUT2D eigenvalue weighted by molar-refractivity contribution is 0.510. The molecule has 2 heteroatoms. The fourth-order valence-electron chi connectivity index (χ4n) is 2.51.